The predicted octanol–water partition coefficient (Wildman–Crippen LogP) is 4.15. The van der Waals surface area contributed by atoms with Crippen LogP contribution in [-0.2, 0) is 14.3 Å². The first kappa shape index (κ1) is 27.1. The van der Waals surface area contributed by atoms with E-state index in [9.17, 15) is 24.6 Å². The average Bonchev–Trinajstić information content (AvgIpc) is 3.21. The molecule has 0 saturated heterocycles. The Kier molecular flexibility index (Phi) is 7.20. The summed E-state index contributed by atoms with van der Waals surface area (Å²) in [5.74, 6) is -4.18. The topological polar surface area (TPSA) is 138 Å². The summed E-state index contributed by atoms with van der Waals surface area (Å²) in [5, 5.41) is 22.1. The second-order valence-corrected chi connectivity index (χ2v) is 9.40. The van der Waals surface area contributed by atoms with Crippen molar-refractivity contribution in [1.29, 1.82) is 0 Å². The molecule has 1 spiro atoms. The molecule has 2 aromatic rings. The van der Waals surface area contributed by atoms with Gasteiger partial charge in [0.05, 0.1) is 34.9 Å². The number of rotatable bonds is 7. The van der Waals surface area contributed by atoms with Gasteiger partial charge in [0.2, 0.25) is 11.4 Å². The number of Topliss-reactive ketones (excluding diaryl/α,β-unsaturated/α-hetero) is 2. The van der Waals surface area contributed by atoms with Crippen LogP contribution in [0.3, 0.4) is 0 Å². The molecule has 4 rings (SSSR count). The fourth-order valence-corrected chi connectivity index (χ4v) is 5.36. The van der Waals surface area contributed by atoms with Gasteiger partial charge in [0.15, 0.2) is 28.8 Å². The highest BCUT2D eigenvalue weighted by atomic mass is 35.5. The number of aromatic hydroxyl groups is 1. The van der Waals surface area contributed by atoms with Gasteiger partial charge in [-0.3, -0.25) is 14.4 Å². The van der Waals surface area contributed by atoms with Gasteiger partial charge in [0, 0.05) is 29.9 Å². The summed E-state index contributed by atoms with van der Waals surface area (Å²) in [7, 11) is 5.31. The van der Waals surface area contributed by atoms with E-state index in [1.807, 2.05) is 0 Å². The van der Waals surface area contributed by atoms with E-state index in [0.717, 1.165) is 0 Å². The predicted molar refractivity (Wildman–Crippen MR) is 135 cm³/mol. The summed E-state index contributed by atoms with van der Waals surface area (Å²) in [4.78, 5) is 39.8. The summed E-state index contributed by atoms with van der Waals surface area (Å²) in [6.45, 7) is 1.60. The number of carbonyl (C=O) groups excluding carboxylic acids is 3. The Morgan fingerprint density at radius 1 is 1.08 bits per heavy atom. The second kappa shape index (κ2) is 10.1. The van der Waals surface area contributed by atoms with Gasteiger partial charge in [0.25, 0.3) is 0 Å². The Labute approximate surface area is 223 Å². The van der Waals surface area contributed by atoms with Crippen LogP contribution in [0.2, 0.25) is 5.02 Å². The van der Waals surface area contributed by atoms with Crippen molar-refractivity contribution in [3.05, 3.63) is 51.7 Å². The molecule has 2 aromatic carbocycles. The zero-order valence-corrected chi connectivity index (χ0v) is 22.2. The molecule has 0 fully saturated rings. The molecule has 1 aliphatic carbocycles. The number of benzene rings is 2. The fourth-order valence-electron chi connectivity index (χ4n) is 5.10. The third kappa shape index (κ3) is 3.99. The van der Waals surface area contributed by atoms with Crippen molar-refractivity contribution in [3.8, 4) is 28.7 Å². The Morgan fingerprint density at radius 2 is 1.74 bits per heavy atom. The number of esters is 1. The van der Waals surface area contributed by atoms with Crippen molar-refractivity contribution >= 4 is 29.1 Å². The van der Waals surface area contributed by atoms with E-state index in [2.05, 4.69) is 0 Å². The maximum absolute atomic E-state index is 14.0. The molecule has 2 N–H and O–H groups in total. The lowest BCUT2D eigenvalue weighted by molar-refractivity contribution is -0.140. The van der Waals surface area contributed by atoms with E-state index in [1.54, 1.807) is 13.0 Å². The van der Waals surface area contributed by atoms with E-state index in [4.69, 9.17) is 35.3 Å². The molecule has 3 unspecified atom stereocenters. The van der Waals surface area contributed by atoms with Gasteiger partial charge < -0.3 is 33.9 Å². The van der Waals surface area contributed by atoms with Crippen molar-refractivity contribution in [2.75, 3.05) is 28.4 Å². The first-order chi connectivity index (χ1) is 18.0. The molecular weight excluding hydrogens is 520 g/mol. The molecule has 202 valence electrons. The van der Waals surface area contributed by atoms with Crippen LogP contribution < -0.4 is 18.9 Å². The summed E-state index contributed by atoms with van der Waals surface area (Å²) < 4.78 is 26.8. The fraction of sp³-hybridized carbons (Fsp3) is 0.370. The third-order valence-electron chi connectivity index (χ3n) is 7.06. The van der Waals surface area contributed by atoms with Gasteiger partial charge in [-0.25, -0.2) is 0 Å². The Balaban J connectivity index is 1.95. The maximum Gasteiger partial charge on any atom is 0.306 e. The Bertz CT molecular complexity index is 1360. The molecule has 10 nitrogen and oxygen atoms in total. The highest BCUT2D eigenvalue weighted by Crippen LogP contribution is 2.56. The molecule has 3 atom stereocenters. The molecule has 0 bridgehead atoms. The van der Waals surface area contributed by atoms with Gasteiger partial charge >= 0.3 is 5.97 Å². The summed E-state index contributed by atoms with van der Waals surface area (Å²) in [5.41, 5.74) is -1.91. The van der Waals surface area contributed by atoms with Crippen LogP contribution in [0.1, 0.15) is 41.6 Å². The number of phenols is 1. The molecule has 0 radical (unpaired) electrons. The molecule has 1 heterocycles. The van der Waals surface area contributed by atoms with Crippen LogP contribution in [0.25, 0.3) is 0 Å². The number of fused-ring (bicyclic) bond motifs is 1. The number of aliphatic hydroxyl groups is 1. The standard InChI is InChI=1S/C27H27ClO10/c1-12-8-16(30)21(14(10-20(31)37-5)13-6-7-17(34-2)15(29)9-13)25(32)27(12)26(33)22-18(35-3)11-19(36-4)23(28)24(22)38-27/h6-7,9,11-12,14,29,32H,8,10H2,1-5H3. The largest absolute Gasteiger partial charge is 0.507 e. The van der Waals surface area contributed by atoms with E-state index in [1.165, 1.54) is 46.6 Å². The number of allylic oxidation sites excluding steroid dienone is 1. The minimum Gasteiger partial charge on any atom is -0.507 e. The zero-order valence-electron chi connectivity index (χ0n) is 21.4. The van der Waals surface area contributed by atoms with Gasteiger partial charge in [-0.2, -0.15) is 0 Å². The number of methoxy groups -OCH3 is 4. The average molecular weight is 547 g/mol. The summed E-state index contributed by atoms with van der Waals surface area (Å²) in [6.07, 6.45) is -0.549. The number of carbonyl (C=O) groups is 3. The van der Waals surface area contributed by atoms with Crippen molar-refractivity contribution in [2.45, 2.75) is 31.3 Å². The Hall–Kier alpha value is -3.92. The van der Waals surface area contributed by atoms with Crippen molar-refractivity contribution in [2.24, 2.45) is 5.92 Å². The highest BCUT2D eigenvalue weighted by molar-refractivity contribution is 6.35. The minimum atomic E-state index is -2.02. The summed E-state index contributed by atoms with van der Waals surface area (Å²) >= 11 is 6.48. The van der Waals surface area contributed by atoms with Crippen LogP contribution in [0, 0.1) is 5.92 Å². The quantitative estimate of drug-likeness (QED) is 0.487. The number of halogens is 1. The van der Waals surface area contributed by atoms with Crippen molar-refractivity contribution < 1.29 is 48.3 Å². The van der Waals surface area contributed by atoms with Crippen LogP contribution in [0.15, 0.2) is 35.6 Å². The highest BCUT2D eigenvalue weighted by Gasteiger charge is 2.61. The van der Waals surface area contributed by atoms with Gasteiger partial charge in [-0.05, 0) is 17.7 Å². The molecule has 0 aromatic heterocycles. The number of hydrogen-bond acceptors (Lipinski definition) is 10. The number of ether oxygens (including phenoxy) is 5. The zero-order chi connectivity index (χ0) is 27.9. The van der Waals surface area contributed by atoms with E-state index >= 15 is 0 Å². The van der Waals surface area contributed by atoms with E-state index in [0.29, 0.717) is 5.56 Å². The summed E-state index contributed by atoms with van der Waals surface area (Å²) in [6, 6.07) is 5.76. The van der Waals surface area contributed by atoms with Gasteiger partial charge in [0.1, 0.15) is 22.1 Å². The van der Waals surface area contributed by atoms with E-state index < -0.39 is 40.7 Å². The minimum absolute atomic E-state index is 0.00170. The second-order valence-electron chi connectivity index (χ2n) is 9.02. The third-order valence-corrected chi connectivity index (χ3v) is 7.42. The smallest absolute Gasteiger partial charge is 0.306 e. The molecular formula is C27H27ClO10. The van der Waals surface area contributed by atoms with Crippen molar-refractivity contribution in [1.82, 2.24) is 0 Å². The SMILES string of the molecule is COC(=O)CC(C1=C(O)C2(Oc3c(Cl)c(OC)cc(OC)c3C2=O)C(C)CC1=O)c1ccc(OC)c(O)c1. The Morgan fingerprint density at radius 3 is 2.32 bits per heavy atom. The lowest BCUT2D eigenvalue weighted by Gasteiger charge is -2.38. The van der Waals surface area contributed by atoms with Crippen LogP contribution in [0.4, 0.5) is 0 Å². The first-order valence-electron chi connectivity index (χ1n) is 11.6. The molecule has 2 aliphatic rings. The van der Waals surface area contributed by atoms with Gasteiger partial charge in [-0.15, -0.1) is 0 Å². The lowest BCUT2D eigenvalue weighted by atomic mass is 9.69. The number of hydrogen-bond donors (Lipinski definition) is 2. The molecule has 1 aliphatic heterocycles. The lowest BCUT2D eigenvalue weighted by Crippen LogP contribution is -2.53. The number of ketones is 2. The molecule has 0 saturated carbocycles. The molecule has 11 heteroatoms. The van der Waals surface area contributed by atoms with Crippen molar-refractivity contribution in [3.63, 3.8) is 0 Å². The van der Waals surface area contributed by atoms with Gasteiger partial charge in [-0.1, -0.05) is 24.6 Å². The van der Waals surface area contributed by atoms with Crippen LogP contribution in [0.5, 0.6) is 28.7 Å². The van der Waals surface area contributed by atoms with E-state index in [-0.39, 0.29) is 57.7 Å². The first-order valence-corrected chi connectivity index (χ1v) is 12.0. The van der Waals surface area contributed by atoms with Crippen LogP contribution >= 0.6 is 11.6 Å². The molecule has 0 amide bonds. The monoisotopic (exact) mass is 546 g/mol. The van der Waals surface area contributed by atoms with Crippen LogP contribution in [-0.4, -0.2) is 61.8 Å². The number of phenolic OH excluding ortho intramolecular Hbond substituents is 1. The number of aliphatic hydroxyl groups excluding tert-OH is 1. The normalized spacial score (nSPS) is 21.2. The molecule has 38 heavy (non-hydrogen) atoms. The maximum atomic E-state index is 14.0.